The molecule has 92 valence electrons. The summed E-state index contributed by atoms with van der Waals surface area (Å²) in [4.78, 5) is 12.1. The van der Waals surface area contributed by atoms with Gasteiger partial charge in [0.1, 0.15) is 0 Å². The summed E-state index contributed by atoms with van der Waals surface area (Å²) in [5, 5.41) is 2.88. The Kier molecular flexibility index (Phi) is 3.78. The van der Waals surface area contributed by atoms with Crippen LogP contribution in [0.4, 0.5) is 5.69 Å². The fraction of sp³-hybridized carbons (Fsp3) is 0.417. The summed E-state index contributed by atoms with van der Waals surface area (Å²) in [5.74, 6) is 0.360. The van der Waals surface area contributed by atoms with E-state index in [-0.39, 0.29) is 5.91 Å². The number of nitrogens with two attached hydrogens (primary N) is 1. The Morgan fingerprint density at radius 2 is 2.00 bits per heavy atom. The maximum atomic E-state index is 11.9. The van der Waals surface area contributed by atoms with Gasteiger partial charge in [-0.05, 0) is 37.1 Å². The highest BCUT2D eigenvalue weighted by Crippen LogP contribution is 2.18. The van der Waals surface area contributed by atoms with Crippen LogP contribution >= 0.6 is 0 Å². The summed E-state index contributed by atoms with van der Waals surface area (Å²) in [5.41, 5.74) is 6.20. The van der Waals surface area contributed by atoms with E-state index in [2.05, 4.69) is 5.32 Å². The minimum Gasteiger partial charge on any atom is -0.399 e. The second-order valence-corrected chi connectivity index (χ2v) is 5.78. The van der Waals surface area contributed by atoms with Gasteiger partial charge in [-0.3, -0.25) is 9.00 Å². The number of nitrogens with one attached hydrogen (secondary N) is 1. The molecule has 0 aromatic heterocycles. The van der Waals surface area contributed by atoms with Gasteiger partial charge in [0.25, 0.3) is 0 Å². The number of carbonyl (C=O) groups excluding carboxylic acids is 1. The molecule has 1 fully saturated rings. The largest absolute Gasteiger partial charge is 0.399 e. The van der Waals surface area contributed by atoms with Gasteiger partial charge < -0.3 is 11.1 Å². The summed E-state index contributed by atoms with van der Waals surface area (Å²) >= 11 is 0. The van der Waals surface area contributed by atoms with Crippen molar-refractivity contribution >= 4 is 22.4 Å². The Morgan fingerprint density at radius 3 is 2.59 bits per heavy atom. The molecule has 1 unspecified atom stereocenters. The molecule has 4 nitrogen and oxygen atoms in total. The van der Waals surface area contributed by atoms with E-state index in [9.17, 15) is 9.00 Å². The van der Waals surface area contributed by atoms with Crippen LogP contribution in [0.2, 0.25) is 0 Å². The molecule has 1 aliphatic carbocycles. The Balaban J connectivity index is 1.79. The number of amides is 1. The van der Waals surface area contributed by atoms with Gasteiger partial charge in [0.05, 0.1) is 10.8 Å². The van der Waals surface area contributed by atoms with Crippen LogP contribution in [0.25, 0.3) is 0 Å². The van der Waals surface area contributed by atoms with Gasteiger partial charge in [-0.1, -0.05) is 0 Å². The van der Waals surface area contributed by atoms with Gasteiger partial charge in [-0.25, -0.2) is 0 Å². The zero-order chi connectivity index (χ0) is 12.3. The van der Waals surface area contributed by atoms with Gasteiger partial charge in [0, 0.05) is 28.8 Å². The first kappa shape index (κ1) is 12.1. The summed E-state index contributed by atoms with van der Waals surface area (Å²) in [6.45, 7) is 0. The Hall–Kier alpha value is -1.36. The number of hydrogen-bond donors (Lipinski definition) is 2. The van der Waals surface area contributed by atoms with Crippen molar-refractivity contribution in [2.24, 2.45) is 0 Å². The van der Waals surface area contributed by atoms with Crippen molar-refractivity contribution in [3.05, 3.63) is 24.3 Å². The summed E-state index contributed by atoms with van der Waals surface area (Å²) < 4.78 is 11.9. The second-order valence-electron chi connectivity index (χ2n) is 4.21. The molecule has 0 heterocycles. The third-order valence-electron chi connectivity index (χ3n) is 2.60. The van der Waals surface area contributed by atoms with Crippen molar-refractivity contribution in [2.45, 2.75) is 30.2 Å². The molecular weight excluding hydrogens is 236 g/mol. The molecule has 1 aromatic rings. The molecule has 1 aromatic carbocycles. The molecule has 17 heavy (non-hydrogen) atoms. The number of anilines is 1. The monoisotopic (exact) mass is 252 g/mol. The second kappa shape index (κ2) is 5.31. The maximum Gasteiger partial charge on any atom is 0.221 e. The van der Waals surface area contributed by atoms with E-state index in [1.54, 1.807) is 24.3 Å². The van der Waals surface area contributed by atoms with Crippen molar-refractivity contribution in [2.75, 3.05) is 11.5 Å². The van der Waals surface area contributed by atoms with E-state index in [0.717, 1.165) is 17.7 Å². The fourth-order valence-corrected chi connectivity index (χ4v) is 2.50. The minimum atomic E-state index is -1.12. The van der Waals surface area contributed by atoms with Gasteiger partial charge in [-0.2, -0.15) is 0 Å². The number of hydrogen-bond acceptors (Lipinski definition) is 3. The summed E-state index contributed by atoms with van der Waals surface area (Å²) in [7, 11) is -1.12. The van der Waals surface area contributed by atoms with E-state index in [0.29, 0.717) is 23.9 Å². The fourth-order valence-electron chi connectivity index (χ4n) is 1.45. The lowest BCUT2D eigenvalue weighted by Gasteiger charge is -2.04. The molecule has 1 amide bonds. The normalized spacial score (nSPS) is 16.5. The molecule has 3 N–H and O–H groups in total. The first-order valence-corrected chi connectivity index (χ1v) is 7.00. The average Bonchev–Trinajstić information content (AvgIpc) is 3.11. The van der Waals surface area contributed by atoms with Crippen molar-refractivity contribution in [1.82, 2.24) is 5.32 Å². The SMILES string of the molecule is Nc1ccc(S(=O)CCC(=O)NC2CC2)cc1. The molecule has 0 aliphatic heterocycles. The first-order chi connectivity index (χ1) is 8.15. The molecular formula is C12H16N2O2S. The lowest BCUT2D eigenvalue weighted by atomic mass is 10.3. The number of nitrogen functional groups attached to an aromatic ring is 1. The van der Waals surface area contributed by atoms with Crippen molar-refractivity contribution in [1.29, 1.82) is 0 Å². The van der Waals surface area contributed by atoms with E-state index < -0.39 is 10.8 Å². The third kappa shape index (κ3) is 3.85. The maximum absolute atomic E-state index is 11.9. The Bertz CT molecular complexity index is 427. The third-order valence-corrected chi connectivity index (χ3v) is 3.97. The molecule has 1 atom stereocenters. The predicted octanol–water partition coefficient (Wildman–Crippen LogP) is 1.05. The van der Waals surface area contributed by atoms with Gasteiger partial charge in [-0.15, -0.1) is 0 Å². The van der Waals surface area contributed by atoms with E-state index in [4.69, 9.17) is 5.73 Å². The van der Waals surface area contributed by atoms with Crippen LogP contribution in [0.1, 0.15) is 19.3 Å². The molecule has 1 aliphatic rings. The van der Waals surface area contributed by atoms with Crippen molar-refractivity contribution in [3.8, 4) is 0 Å². The number of benzene rings is 1. The van der Waals surface area contributed by atoms with Crippen molar-refractivity contribution in [3.63, 3.8) is 0 Å². The molecule has 0 saturated heterocycles. The highest BCUT2D eigenvalue weighted by molar-refractivity contribution is 7.85. The van der Waals surface area contributed by atoms with Crippen LogP contribution < -0.4 is 11.1 Å². The molecule has 2 rings (SSSR count). The summed E-state index contributed by atoms with van der Waals surface area (Å²) in [6, 6.07) is 7.29. The Morgan fingerprint density at radius 1 is 1.35 bits per heavy atom. The lowest BCUT2D eigenvalue weighted by molar-refractivity contribution is -0.120. The quantitative estimate of drug-likeness (QED) is 0.769. The lowest BCUT2D eigenvalue weighted by Crippen LogP contribution is -2.26. The van der Waals surface area contributed by atoms with Gasteiger partial charge in [0.15, 0.2) is 0 Å². The average molecular weight is 252 g/mol. The van der Waals surface area contributed by atoms with Gasteiger partial charge in [0.2, 0.25) is 5.91 Å². The van der Waals surface area contributed by atoms with Crippen LogP contribution in [0.5, 0.6) is 0 Å². The molecule has 1 saturated carbocycles. The molecule has 5 heteroatoms. The van der Waals surface area contributed by atoms with Crippen LogP contribution in [0.15, 0.2) is 29.2 Å². The Labute approximate surface area is 103 Å². The highest BCUT2D eigenvalue weighted by atomic mass is 32.2. The molecule has 0 radical (unpaired) electrons. The predicted molar refractivity (Wildman–Crippen MR) is 67.9 cm³/mol. The standard InChI is InChI=1S/C12H16N2O2S/c13-9-1-5-11(6-2-9)17(16)8-7-12(15)14-10-3-4-10/h1-2,5-6,10H,3-4,7-8,13H2,(H,14,15). The van der Waals surface area contributed by atoms with E-state index in [1.165, 1.54) is 0 Å². The highest BCUT2D eigenvalue weighted by Gasteiger charge is 2.23. The zero-order valence-corrected chi connectivity index (χ0v) is 10.3. The van der Waals surface area contributed by atoms with Crippen LogP contribution in [0.3, 0.4) is 0 Å². The first-order valence-electron chi connectivity index (χ1n) is 5.68. The van der Waals surface area contributed by atoms with Crippen LogP contribution in [-0.2, 0) is 15.6 Å². The van der Waals surface area contributed by atoms with Crippen LogP contribution in [-0.4, -0.2) is 21.9 Å². The smallest absolute Gasteiger partial charge is 0.221 e. The summed E-state index contributed by atoms with van der Waals surface area (Å²) in [6.07, 6.45) is 2.47. The molecule has 0 bridgehead atoms. The van der Waals surface area contributed by atoms with Crippen LogP contribution in [0, 0.1) is 0 Å². The van der Waals surface area contributed by atoms with E-state index >= 15 is 0 Å². The van der Waals surface area contributed by atoms with Gasteiger partial charge >= 0.3 is 0 Å². The molecule has 0 spiro atoms. The van der Waals surface area contributed by atoms with Crippen molar-refractivity contribution < 1.29 is 9.00 Å². The topological polar surface area (TPSA) is 72.2 Å². The van der Waals surface area contributed by atoms with E-state index in [1.807, 2.05) is 0 Å². The zero-order valence-electron chi connectivity index (χ0n) is 9.52. The minimum absolute atomic E-state index is 0.00343. The number of rotatable bonds is 5. The number of carbonyl (C=O) groups is 1.